The van der Waals surface area contributed by atoms with E-state index in [1.807, 2.05) is 12.4 Å². The SMILES string of the molecule is CCc1ccccc1Cn1ccnc1NCCOC. The highest BCUT2D eigenvalue weighted by Crippen LogP contribution is 2.14. The number of anilines is 1. The average molecular weight is 259 g/mol. The summed E-state index contributed by atoms with van der Waals surface area (Å²) in [4.78, 5) is 4.34. The zero-order chi connectivity index (χ0) is 13.5. The molecule has 2 rings (SSSR count). The largest absolute Gasteiger partial charge is 0.383 e. The summed E-state index contributed by atoms with van der Waals surface area (Å²) in [7, 11) is 1.70. The first-order chi connectivity index (χ1) is 9.35. The Morgan fingerprint density at radius 3 is 2.79 bits per heavy atom. The molecule has 0 atom stereocenters. The van der Waals surface area contributed by atoms with Gasteiger partial charge in [0.25, 0.3) is 0 Å². The number of aryl methyl sites for hydroxylation is 1. The van der Waals surface area contributed by atoms with Gasteiger partial charge in [-0.3, -0.25) is 0 Å². The van der Waals surface area contributed by atoms with Crippen molar-refractivity contribution in [1.82, 2.24) is 9.55 Å². The zero-order valence-corrected chi connectivity index (χ0v) is 11.6. The van der Waals surface area contributed by atoms with Crippen molar-refractivity contribution in [2.45, 2.75) is 19.9 Å². The molecular weight excluding hydrogens is 238 g/mol. The van der Waals surface area contributed by atoms with Gasteiger partial charge in [-0.2, -0.15) is 0 Å². The Morgan fingerprint density at radius 2 is 2.05 bits per heavy atom. The third-order valence-corrected chi connectivity index (χ3v) is 3.14. The van der Waals surface area contributed by atoms with Gasteiger partial charge in [-0.05, 0) is 17.5 Å². The van der Waals surface area contributed by atoms with E-state index in [2.05, 4.69) is 46.1 Å². The van der Waals surface area contributed by atoms with Crippen LogP contribution in [0.2, 0.25) is 0 Å². The number of hydrogen-bond acceptors (Lipinski definition) is 3. The standard InChI is InChI=1S/C15H21N3O/c1-3-13-6-4-5-7-14(13)12-18-10-8-16-15(18)17-9-11-19-2/h4-8,10H,3,9,11-12H2,1-2H3,(H,16,17). The predicted molar refractivity (Wildman–Crippen MR) is 77.5 cm³/mol. The zero-order valence-electron chi connectivity index (χ0n) is 11.6. The van der Waals surface area contributed by atoms with Crippen LogP contribution < -0.4 is 5.32 Å². The van der Waals surface area contributed by atoms with Crippen molar-refractivity contribution in [2.24, 2.45) is 0 Å². The number of nitrogens with zero attached hydrogens (tertiary/aromatic N) is 2. The van der Waals surface area contributed by atoms with Gasteiger partial charge in [0.15, 0.2) is 0 Å². The molecule has 102 valence electrons. The minimum absolute atomic E-state index is 0.679. The number of ether oxygens (including phenoxy) is 1. The molecule has 19 heavy (non-hydrogen) atoms. The molecule has 0 unspecified atom stereocenters. The Hall–Kier alpha value is -1.81. The maximum atomic E-state index is 5.04. The summed E-state index contributed by atoms with van der Waals surface area (Å²) >= 11 is 0. The van der Waals surface area contributed by atoms with Gasteiger partial charge in [0.2, 0.25) is 5.95 Å². The molecule has 0 aliphatic rings. The fourth-order valence-electron chi connectivity index (χ4n) is 2.11. The predicted octanol–water partition coefficient (Wildman–Crippen LogP) is 2.55. The highest BCUT2D eigenvalue weighted by Gasteiger charge is 2.05. The molecule has 4 heteroatoms. The summed E-state index contributed by atoms with van der Waals surface area (Å²) in [6.45, 7) is 4.48. The van der Waals surface area contributed by atoms with E-state index in [1.54, 1.807) is 7.11 Å². The number of nitrogens with one attached hydrogen (secondary N) is 1. The number of benzene rings is 1. The van der Waals surface area contributed by atoms with Gasteiger partial charge in [0.05, 0.1) is 13.2 Å². The lowest BCUT2D eigenvalue weighted by atomic mass is 10.1. The molecule has 0 saturated heterocycles. The fraction of sp³-hybridized carbons (Fsp3) is 0.400. The molecule has 1 heterocycles. The highest BCUT2D eigenvalue weighted by molar-refractivity contribution is 5.31. The van der Waals surface area contributed by atoms with E-state index in [4.69, 9.17) is 4.74 Å². The quantitative estimate of drug-likeness (QED) is 0.777. The second-order valence-corrected chi connectivity index (χ2v) is 4.42. The van der Waals surface area contributed by atoms with E-state index >= 15 is 0 Å². The maximum Gasteiger partial charge on any atom is 0.203 e. The minimum atomic E-state index is 0.679. The lowest BCUT2D eigenvalue weighted by Gasteiger charge is -2.12. The molecule has 2 aromatic rings. The van der Waals surface area contributed by atoms with Crippen LogP contribution in [0.5, 0.6) is 0 Å². The van der Waals surface area contributed by atoms with Gasteiger partial charge in [-0.15, -0.1) is 0 Å². The van der Waals surface area contributed by atoms with Gasteiger partial charge in [0, 0.05) is 26.0 Å². The molecule has 0 radical (unpaired) electrons. The van der Waals surface area contributed by atoms with Gasteiger partial charge < -0.3 is 14.6 Å². The molecule has 0 aliphatic heterocycles. The third-order valence-electron chi connectivity index (χ3n) is 3.14. The molecule has 0 amide bonds. The molecule has 0 bridgehead atoms. The molecule has 1 aromatic carbocycles. The van der Waals surface area contributed by atoms with Crippen LogP contribution in [-0.4, -0.2) is 29.8 Å². The van der Waals surface area contributed by atoms with Crippen LogP contribution in [0.4, 0.5) is 5.95 Å². The number of hydrogen-bond donors (Lipinski definition) is 1. The summed E-state index contributed by atoms with van der Waals surface area (Å²) in [5.74, 6) is 0.892. The van der Waals surface area contributed by atoms with Crippen LogP contribution in [-0.2, 0) is 17.7 Å². The highest BCUT2D eigenvalue weighted by atomic mass is 16.5. The Balaban J connectivity index is 2.08. The summed E-state index contributed by atoms with van der Waals surface area (Å²) in [5, 5.41) is 3.28. The Morgan fingerprint density at radius 1 is 1.26 bits per heavy atom. The van der Waals surface area contributed by atoms with E-state index < -0.39 is 0 Å². The van der Waals surface area contributed by atoms with Crippen molar-refractivity contribution in [3.05, 3.63) is 47.8 Å². The lowest BCUT2D eigenvalue weighted by Crippen LogP contribution is -2.13. The van der Waals surface area contributed by atoms with Crippen LogP contribution in [0.15, 0.2) is 36.7 Å². The first-order valence-corrected chi connectivity index (χ1v) is 6.66. The second kappa shape index (κ2) is 6.95. The van der Waals surface area contributed by atoms with E-state index in [-0.39, 0.29) is 0 Å². The Labute approximate surface area is 114 Å². The van der Waals surface area contributed by atoms with Crippen LogP contribution in [0.25, 0.3) is 0 Å². The van der Waals surface area contributed by atoms with Crippen molar-refractivity contribution in [3.8, 4) is 0 Å². The Kier molecular flexibility index (Phi) is 4.98. The normalized spacial score (nSPS) is 10.6. The van der Waals surface area contributed by atoms with Gasteiger partial charge in [0.1, 0.15) is 0 Å². The van der Waals surface area contributed by atoms with Crippen LogP contribution in [0.1, 0.15) is 18.1 Å². The molecular formula is C15H21N3O. The topological polar surface area (TPSA) is 39.1 Å². The van der Waals surface area contributed by atoms with E-state index in [0.29, 0.717) is 6.61 Å². The van der Waals surface area contributed by atoms with E-state index in [1.165, 1.54) is 11.1 Å². The molecule has 0 saturated carbocycles. The first-order valence-electron chi connectivity index (χ1n) is 6.66. The second-order valence-electron chi connectivity index (χ2n) is 4.42. The van der Waals surface area contributed by atoms with Crippen molar-refractivity contribution >= 4 is 5.95 Å². The number of rotatable bonds is 7. The number of aromatic nitrogens is 2. The number of methoxy groups -OCH3 is 1. The van der Waals surface area contributed by atoms with Crippen LogP contribution >= 0.6 is 0 Å². The molecule has 4 nitrogen and oxygen atoms in total. The third kappa shape index (κ3) is 3.58. The average Bonchev–Trinajstić information content (AvgIpc) is 2.87. The van der Waals surface area contributed by atoms with Gasteiger partial charge in [-0.25, -0.2) is 4.98 Å². The van der Waals surface area contributed by atoms with Crippen LogP contribution in [0, 0.1) is 0 Å². The molecule has 1 N–H and O–H groups in total. The Bertz CT molecular complexity index is 508. The molecule has 0 fully saturated rings. The van der Waals surface area contributed by atoms with E-state index in [9.17, 15) is 0 Å². The van der Waals surface area contributed by atoms with Crippen molar-refractivity contribution in [1.29, 1.82) is 0 Å². The summed E-state index contributed by atoms with van der Waals surface area (Å²) in [6.07, 6.45) is 4.88. The molecule has 0 aliphatic carbocycles. The minimum Gasteiger partial charge on any atom is -0.383 e. The monoisotopic (exact) mass is 259 g/mol. The lowest BCUT2D eigenvalue weighted by molar-refractivity contribution is 0.210. The van der Waals surface area contributed by atoms with E-state index in [0.717, 1.165) is 25.5 Å². The van der Waals surface area contributed by atoms with Crippen molar-refractivity contribution < 1.29 is 4.74 Å². The van der Waals surface area contributed by atoms with Crippen LogP contribution in [0.3, 0.4) is 0 Å². The fourth-order valence-corrected chi connectivity index (χ4v) is 2.11. The van der Waals surface area contributed by atoms with Crippen molar-refractivity contribution in [3.63, 3.8) is 0 Å². The molecule has 1 aromatic heterocycles. The smallest absolute Gasteiger partial charge is 0.203 e. The maximum absolute atomic E-state index is 5.04. The summed E-state index contributed by atoms with van der Waals surface area (Å²) in [5.41, 5.74) is 2.73. The van der Waals surface area contributed by atoms with Gasteiger partial charge in [-0.1, -0.05) is 31.2 Å². The first kappa shape index (κ1) is 13.6. The summed E-state index contributed by atoms with van der Waals surface area (Å²) in [6, 6.07) is 8.54. The number of imidazole rings is 1. The molecule has 0 spiro atoms. The van der Waals surface area contributed by atoms with Gasteiger partial charge >= 0.3 is 0 Å². The van der Waals surface area contributed by atoms with Crippen molar-refractivity contribution in [2.75, 3.05) is 25.6 Å². The summed E-state index contributed by atoms with van der Waals surface area (Å²) < 4.78 is 7.16.